The van der Waals surface area contributed by atoms with Crippen molar-refractivity contribution in [1.82, 2.24) is 0 Å². The van der Waals surface area contributed by atoms with Crippen LogP contribution in [0.25, 0.3) is 0 Å². The van der Waals surface area contributed by atoms with Crippen LogP contribution in [0, 0.1) is 0 Å². The molecule has 12 heavy (non-hydrogen) atoms. The number of carbonyl (C=O) groups is 2. The third kappa shape index (κ3) is 23.1. The topological polar surface area (TPSA) is 89.5 Å². The number of hydrogen-bond acceptors (Lipinski definition) is 5. The fourth-order valence-corrected chi connectivity index (χ4v) is 0.322. The molecule has 0 aliphatic carbocycles. The number of hydrogen-bond donors (Lipinski definition) is 0. The molecule has 0 saturated heterocycles. The van der Waals surface area contributed by atoms with Crippen molar-refractivity contribution in [2.45, 2.75) is 20.3 Å². The largest absolute Gasteiger partial charge is 0.550 e. The Hall–Kier alpha value is -1.10. The number of carboxylic acid groups (broad SMARTS) is 2. The number of carbonyl (C=O) groups excluding carboxylic acids is 2. The summed E-state index contributed by atoms with van der Waals surface area (Å²) in [5.41, 5.74) is 0. The molecule has 0 radical (unpaired) electrons. The molecule has 72 valence electrons. The number of carboxylic acids is 2. The van der Waals surface area contributed by atoms with Crippen LogP contribution in [0.15, 0.2) is 0 Å². The maximum Gasteiger partial charge on any atom is 0.0470 e. The molecule has 0 unspecified atom stereocenters. The van der Waals surface area contributed by atoms with Gasteiger partial charge in [-0.2, -0.15) is 0 Å². The summed E-state index contributed by atoms with van der Waals surface area (Å²) in [6.45, 7) is 5.67. The molecular formula is C7H12O5-2. The highest BCUT2D eigenvalue weighted by Crippen LogP contribution is 1.66. The van der Waals surface area contributed by atoms with Crippen LogP contribution in [-0.4, -0.2) is 25.2 Å². The van der Waals surface area contributed by atoms with E-state index >= 15 is 0 Å². The van der Waals surface area contributed by atoms with Gasteiger partial charge in [0.25, 0.3) is 0 Å². The van der Waals surface area contributed by atoms with E-state index in [1.54, 1.807) is 0 Å². The summed E-state index contributed by atoms with van der Waals surface area (Å²) in [5, 5.41) is 18.6. The van der Waals surface area contributed by atoms with Gasteiger partial charge in [-0.05, 0) is 13.8 Å². The van der Waals surface area contributed by atoms with E-state index in [2.05, 4.69) is 0 Å². The van der Waals surface area contributed by atoms with Gasteiger partial charge in [0.15, 0.2) is 0 Å². The lowest BCUT2D eigenvalue weighted by molar-refractivity contribution is -0.322. The van der Waals surface area contributed by atoms with Gasteiger partial charge in [-0.3, -0.25) is 0 Å². The van der Waals surface area contributed by atoms with Crippen LogP contribution in [0.3, 0.4) is 0 Å². The highest BCUT2D eigenvalue weighted by molar-refractivity contribution is 5.86. The van der Waals surface area contributed by atoms with E-state index in [4.69, 9.17) is 4.74 Å². The Morgan fingerprint density at radius 3 is 1.42 bits per heavy atom. The van der Waals surface area contributed by atoms with Gasteiger partial charge in [0.1, 0.15) is 0 Å². The lowest BCUT2D eigenvalue weighted by Gasteiger charge is -1.99. The van der Waals surface area contributed by atoms with Gasteiger partial charge in [0, 0.05) is 31.6 Å². The average molecular weight is 176 g/mol. The number of aliphatic carboxylic acids is 2. The first-order valence-corrected chi connectivity index (χ1v) is 3.52. The minimum Gasteiger partial charge on any atom is -0.550 e. The third-order valence-corrected chi connectivity index (χ3v) is 0.697. The third-order valence-electron chi connectivity index (χ3n) is 0.697. The number of ether oxygens (including phenoxy) is 1. The van der Waals surface area contributed by atoms with Crippen LogP contribution < -0.4 is 10.2 Å². The second-order valence-corrected chi connectivity index (χ2v) is 1.70. The first-order chi connectivity index (χ1) is 5.54. The Kier molecular flexibility index (Phi) is 11.1. The molecule has 0 heterocycles. The van der Waals surface area contributed by atoms with Crippen molar-refractivity contribution in [3.8, 4) is 0 Å². The van der Waals surface area contributed by atoms with E-state index in [1.165, 1.54) is 0 Å². The standard InChI is InChI=1S/C4H10O.C3H4O4/c1-3-5-4-2;4-2(5)1-3(6)7/h3-4H2,1-2H3;1H2,(H,4,5)(H,6,7)/p-2. The van der Waals surface area contributed by atoms with Crippen LogP contribution in [0.5, 0.6) is 0 Å². The van der Waals surface area contributed by atoms with Crippen molar-refractivity contribution in [2.75, 3.05) is 13.2 Å². The van der Waals surface area contributed by atoms with Gasteiger partial charge in [-0.1, -0.05) is 0 Å². The van der Waals surface area contributed by atoms with Crippen LogP contribution >= 0.6 is 0 Å². The molecular weight excluding hydrogens is 164 g/mol. The Morgan fingerprint density at radius 2 is 1.42 bits per heavy atom. The minimum atomic E-state index is -1.63. The van der Waals surface area contributed by atoms with Gasteiger partial charge in [-0.25, -0.2) is 0 Å². The first-order valence-electron chi connectivity index (χ1n) is 3.52. The molecule has 0 aromatic heterocycles. The first kappa shape index (κ1) is 13.5. The Balaban J connectivity index is 0. The van der Waals surface area contributed by atoms with E-state index in [0.717, 1.165) is 13.2 Å². The lowest BCUT2D eigenvalue weighted by atomic mass is 10.5. The maximum atomic E-state index is 9.28. The minimum absolute atomic E-state index is 0.844. The zero-order valence-electron chi connectivity index (χ0n) is 7.16. The van der Waals surface area contributed by atoms with E-state index < -0.39 is 18.4 Å². The Morgan fingerprint density at radius 1 is 1.08 bits per heavy atom. The highest BCUT2D eigenvalue weighted by Gasteiger charge is 1.81. The quantitative estimate of drug-likeness (QED) is 0.458. The molecule has 0 fully saturated rings. The fourth-order valence-electron chi connectivity index (χ4n) is 0.322. The molecule has 0 atom stereocenters. The summed E-state index contributed by atoms with van der Waals surface area (Å²) in [6, 6.07) is 0. The molecule has 0 N–H and O–H groups in total. The summed E-state index contributed by atoms with van der Waals surface area (Å²) in [7, 11) is 0. The smallest absolute Gasteiger partial charge is 0.0470 e. The lowest BCUT2D eigenvalue weighted by Crippen LogP contribution is -2.32. The molecule has 0 rings (SSSR count). The predicted molar refractivity (Wildman–Crippen MR) is 36.8 cm³/mol. The van der Waals surface area contributed by atoms with E-state index in [9.17, 15) is 19.8 Å². The van der Waals surface area contributed by atoms with Gasteiger partial charge in [0.2, 0.25) is 0 Å². The normalized spacial score (nSPS) is 8.17. The molecule has 0 amide bonds. The SMILES string of the molecule is CCOCC.O=C([O-])CC(=O)[O-]. The second-order valence-electron chi connectivity index (χ2n) is 1.70. The maximum absolute atomic E-state index is 9.28. The van der Waals surface area contributed by atoms with Crippen LogP contribution in [0.4, 0.5) is 0 Å². The molecule has 0 aromatic carbocycles. The predicted octanol–water partition coefficient (Wildman–Crippen LogP) is -2.08. The van der Waals surface area contributed by atoms with Crippen LogP contribution in [-0.2, 0) is 14.3 Å². The van der Waals surface area contributed by atoms with Gasteiger partial charge < -0.3 is 24.5 Å². The van der Waals surface area contributed by atoms with Gasteiger partial charge >= 0.3 is 0 Å². The summed E-state index contributed by atoms with van der Waals surface area (Å²) >= 11 is 0. The molecule has 0 bridgehead atoms. The molecule has 0 aromatic rings. The van der Waals surface area contributed by atoms with Crippen LogP contribution in [0.2, 0.25) is 0 Å². The summed E-state index contributed by atoms with van der Waals surface area (Å²) in [5.74, 6) is -3.25. The van der Waals surface area contributed by atoms with Crippen LogP contribution in [0.1, 0.15) is 20.3 Å². The monoisotopic (exact) mass is 176 g/mol. The Labute approximate surface area is 71.0 Å². The molecule has 5 heteroatoms. The van der Waals surface area contributed by atoms with Crippen molar-refractivity contribution in [1.29, 1.82) is 0 Å². The van der Waals surface area contributed by atoms with Crippen molar-refractivity contribution in [3.63, 3.8) is 0 Å². The zero-order chi connectivity index (χ0) is 9.98. The zero-order valence-corrected chi connectivity index (χ0v) is 7.16. The van der Waals surface area contributed by atoms with Crippen molar-refractivity contribution in [2.24, 2.45) is 0 Å². The van der Waals surface area contributed by atoms with Crippen molar-refractivity contribution >= 4 is 11.9 Å². The van der Waals surface area contributed by atoms with Gasteiger partial charge in [0.05, 0.1) is 0 Å². The fraction of sp³-hybridized carbons (Fsp3) is 0.714. The summed E-state index contributed by atoms with van der Waals surface area (Å²) in [4.78, 5) is 18.6. The van der Waals surface area contributed by atoms with E-state index in [0.29, 0.717) is 0 Å². The highest BCUT2D eigenvalue weighted by atomic mass is 16.5. The average Bonchev–Trinajstić information content (AvgIpc) is 1.87. The second kappa shape index (κ2) is 9.90. The number of rotatable bonds is 4. The summed E-state index contributed by atoms with van der Waals surface area (Å²) in [6.07, 6.45) is -1.03. The van der Waals surface area contributed by atoms with E-state index in [1.807, 2.05) is 13.8 Å². The van der Waals surface area contributed by atoms with E-state index in [-0.39, 0.29) is 0 Å². The Bertz CT molecular complexity index is 118. The molecule has 0 aliphatic heterocycles. The van der Waals surface area contributed by atoms with Gasteiger partial charge in [-0.15, -0.1) is 0 Å². The summed E-state index contributed by atoms with van der Waals surface area (Å²) < 4.78 is 4.83. The van der Waals surface area contributed by atoms with Crippen molar-refractivity contribution in [3.05, 3.63) is 0 Å². The molecule has 0 aliphatic rings. The van der Waals surface area contributed by atoms with Crippen molar-refractivity contribution < 1.29 is 24.5 Å². The molecule has 5 nitrogen and oxygen atoms in total. The molecule has 0 saturated carbocycles. The molecule has 0 spiro atoms.